The normalized spacial score (nSPS) is 45.9. The lowest BCUT2D eigenvalue weighted by Gasteiger charge is -2.39. The van der Waals surface area contributed by atoms with E-state index in [1.54, 1.807) is 0 Å². The first-order valence-electron chi connectivity index (χ1n) is 9.91. The van der Waals surface area contributed by atoms with Gasteiger partial charge in [-0.2, -0.15) is 0 Å². The zero-order valence-electron chi connectivity index (χ0n) is 15.5. The highest BCUT2D eigenvalue weighted by Gasteiger charge is 2.62. The van der Waals surface area contributed by atoms with E-state index < -0.39 is 0 Å². The van der Waals surface area contributed by atoms with E-state index in [4.69, 9.17) is 9.47 Å². The summed E-state index contributed by atoms with van der Waals surface area (Å²) >= 11 is 0. The number of esters is 1. The number of ketones is 2. The van der Waals surface area contributed by atoms with Gasteiger partial charge in [0, 0.05) is 23.3 Å². The summed E-state index contributed by atoms with van der Waals surface area (Å²) in [5.41, 5.74) is 1.46. The maximum atomic E-state index is 12.7. The Morgan fingerprint density at radius 3 is 2.67 bits per heavy atom. The minimum absolute atomic E-state index is 0.0368. The van der Waals surface area contributed by atoms with Crippen LogP contribution < -0.4 is 0 Å². The van der Waals surface area contributed by atoms with Crippen LogP contribution in [0.4, 0.5) is 0 Å². The molecule has 1 saturated carbocycles. The monoisotopic (exact) mass is 368 g/mol. The first-order valence-corrected chi connectivity index (χ1v) is 9.91. The number of rotatable bonds is 0. The molecule has 142 valence electrons. The van der Waals surface area contributed by atoms with Gasteiger partial charge in [0.05, 0.1) is 5.60 Å². The molecular formula is C22H24O5. The molecule has 0 amide bonds. The SMILES string of the molecule is C=C1C(=O)O[C@@H]2[C@H]3O[C@]3(C)CCC3C(=CCC4C(=O)C=CC(=O)C43)CC[C@@H]12. The van der Waals surface area contributed by atoms with Crippen molar-refractivity contribution in [1.82, 2.24) is 0 Å². The number of carbonyl (C=O) groups excluding carboxylic acids is 3. The molecule has 7 atom stereocenters. The number of ether oxygens (including phenoxy) is 2. The second-order valence-corrected chi connectivity index (χ2v) is 8.82. The van der Waals surface area contributed by atoms with Gasteiger partial charge in [-0.1, -0.05) is 18.2 Å². The van der Waals surface area contributed by atoms with Gasteiger partial charge < -0.3 is 9.47 Å². The van der Waals surface area contributed by atoms with Crippen molar-refractivity contribution in [3.63, 3.8) is 0 Å². The minimum Gasteiger partial charge on any atom is -0.455 e. The highest BCUT2D eigenvalue weighted by atomic mass is 16.6. The molecule has 0 aromatic carbocycles. The summed E-state index contributed by atoms with van der Waals surface area (Å²) in [7, 11) is 0. The highest BCUT2D eigenvalue weighted by molar-refractivity contribution is 6.07. The molecule has 0 bridgehead atoms. The fraction of sp³-hybridized carbons (Fsp3) is 0.591. The predicted octanol–water partition coefficient (Wildman–Crippen LogP) is 2.70. The lowest BCUT2D eigenvalue weighted by atomic mass is 9.63. The van der Waals surface area contributed by atoms with Crippen molar-refractivity contribution in [2.75, 3.05) is 0 Å². The second-order valence-electron chi connectivity index (χ2n) is 8.82. The molecule has 3 aliphatic carbocycles. The maximum absolute atomic E-state index is 12.7. The molecule has 0 spiro atoms. The molecule has 3 unspecified atom stereocenters. The van der Waals surface area contributed by atoms with Crippen LogP contribution in [0.3, 0.4) is 0 Å². The fourth-order valence-electron chi connectivity index (χ4n) is 5.71. The smallest absolute Gasteiger partial charge is 0.334 e. The summed E-state index contributed by atoms with van der Waals surface area (Å²) in [6, 6.07) is 0. The molecule has 0 N–H and O–H groups in total. The number of epoxide rings is 1. The third-order valence-corrected chi connectivity index (χ3v) is 7.37. The van der Waals surface area contributed by atoms with Crippen molar-refractivity contribution in [1.29, 1.82) is 0 Å². The number of hydrogen-bond donors (Lipinski definition) is 0. The molecule has 5 nitrogen and oxygen atoms in total. The van der Waals surface area contributed by atoms with E-state index in [-0.39, 0.29) is 59.0 Å². The molecule has 0 aromatic rings. The van der Waals surface area contributed by atoms with Gasteiger partial charge in [0.2, 0.25) is 0 Å². The number of carbonyl (C=O) groups is 3. The van der Waals surface area contributed by atoms with Gasteiger partial charge in [-0.3, -0.25) is 9.59 Å². The van der Waals surface area contributed by atoms with E-state index in [0.29, 0.717) is 12.0 Å². The standard InChI is InChI=1S/C22H24O5/c1-11-13-5-3-12-4-6-15-16(23)7-8-17(24)18(15)14(12)9-10-22(2)20(27-22)19(13)26-21(11)25/h4,7-8,13-15,18-20H,1,3,5-6,9-10H2,2H3/t13-,14?,15?,18?,19-,20+,22+/m0/s1. The summed E-state index contributed by atoms with van der Waals surface area (Å²) in [5.74, 6) is -0.589. The summed E-state index contributed by atoms with van der Waals surface area (Å²) in [5, 5.41) is 0. The van der Waals surface area contributed by atoms with Crippen LogP contribution in [0.15, 0.2) is 36.0 Å². The number of hydrogen-bond acceptors (Lipinski definition) is 5. The molecule has 5 heteroatoms. The minimum atomic E-state index is -0.333. The topological polar surface area (TPSA) is 73.0 Å². The van der Waals surface area contributed by atoms with Crippen LogP contribution in [0.25, 0.3) is 0 Å². The van der Waals surface area contributed by atoms with Crippen LogP contribution >= 0.6 is 0 Å². The van der Waals surface area contributed by atoms with Crippen LogP contribution in [0.2, 0.25) is 0 Å². The largest absolute Gasteiger partial charge is 0.455 e. The van der Waals surface area contributed by atoms with Crippen LogP contribution in [-0.4, -0.2) is 35.3 Å². The second kappa shape index (κ2) is 5.74. The van der Waals surface area contributed by atoms with Crippen LogP contribution in [0, 0.1) is 23.7 Å². The van der Waals surface area contributed by atoms with Crippen molar-refractivity contribution >= 4 is 17.5 Å². The summed E-state index contributed by atoms with van der Waals surface area (Å²) < 4.78 is 11.6. The lowest BCUT2D eigenvalue weighted by Crippen LogP contribution is -2.41. The summed E-state index contributed by atoms with van der Waals surface area (Å²) in [6.45, 7) is 6.01. The average Bonchev–Trinajstić information content (AvgIpc) is 3.24. The van der Waals surface area contributed by atoms with Crippen LogP contribution in [-0.2, 0) is 23.9 Å². The van der Waals surface area contributed by atoms with Gasteiger partial charge in [0.25, 0.3) is 0 Å². The summed E-state index contributed by atoms with van der Waals surface area (Å²) in [4.78, 5) is 37.1. The quantitative estimate of drug-likeness (QED) is 0.284. The van der Waals surface area contributed by atoms with Crippen molar-refractivity contribution < 1.29 is 23.9 Å². The third kappa shape index (κ3) is 2.51. The van der Waals surface area contributed by atoms with Crippen molar-refractivity contribution in [2.24, 2.45) is 23.7 Å². The maximum Gasteiger partial charge on any atom is 0.334 e. The fourth-order valence-corrected chi connectivity index (χ4v) is 5.71. The Kier molecular flexibility index (Phi) is 3.64. The Bertz CT molecular complexity index is 821. The Balaban J connectivity index is 1.48. The third-order valence-electron chi connectivity index (χ3n) is 7.37. The van der Waals surface area contributed by atoms with E-state index in [9.17, 15) is 14.4 Å². The van der Waals surface area contributed by atoms with Gasteiger partial charge in [0.1, 0.15) is 12.2 Å². The molecule has 2 aliphatic heterocycles. The molecule has 2 heterocycles. The van der Waals surface area contributed by atoms with Gasteiger partial charge in [-0.15, -0.1) is 0 Å². The molecule has 0 aromatic heterocycles. The van der Waals surface area contributed by atoms with E-state index in [0.717, 1.165) is 25.7 Å². The molecule has 2 saturated heterocycles. The summed E-state index contributed by atoms with van der Waals surface area (Å²) in [6.07, 6.45) is 8.55. The Morgan fingerprint density at radius 1 is 1.07 bits per heavy atom. The zero-order valence-corrected chi connectivity index (χ0v) is 15.5. The van der Waals surface area contributed by atoms with Crippen LogP contribution in [0.5, 0.6) is 0 Å². The van der Waals surface area contributed by atoms with Gasteiger partial charge >= 0.3 is 5.97 Å². The molecule has 0 radical (unpaired) electrons. The predicted molar refractivity (Wildman–Crippen MR) is 96.6 cm³/mol. The van der Waals surface area contributed by atoms with E-state index in [1.165, 1.54) is 17.7 Å². The van der Waals surface area contributed by atoms with Crippen molar-refractivity contribution in [3.05, 3.63) is 36.0 Å². The highest BCUT2D eigenvalue weighted by Crippen LogP contribution is 2.53. The lowest BCUT2D eigenvalue weighted by molar-refractivity contribution is -0.140. The van der Waals surface area contributed by atoms with E-state index in [1.807, 2.05) is 0 Å². The average molecular weight is 368 g/mol. The van der Waals surface area contributed by atoms with Crippen LogP contribution in [0.1, 0.15) is 39.0 Å². The molecule has 3 fully saturated rings. The first kappa shape index (κ1) is 17.1. The van der Waals surface area contributed by atoms with E-state index in [2.05, 4.69) is 19.6 Å². The van der Waals surface area contributed by atoms with Gasteiger partial charge in [0.15, 0.2) is 11.6 Å². The Hall–Kier alpha value is -2.01. The van der Waals surface area contributed by atoms with Gasteiger partial charge in [-0.05, 0) is 57.1 Å². The Morgan fingerprint density at radius 2 is 1.85 bits per heavy atom. The molecule has 5 rings (SSSR count). The number of allylic oxidation sites excluding steroid dienone is 4. The van der Waals surface area contributed by atoms with E-state index >= 15 is 0 Å². The van der Waals surface area contributed by atoms with Gasteiger partial charge in [-0.25, -0.2) is 4.79 Å². The zero-order chi connectivity index (χ0) is 18.9. The van der Waals surface area contributed by atoms with Crippen molar-refractivity contribution in [2.45, 2.75) is 56.8 Å². The number of fused-ring (bicyclic) bond motifs is 6. The Labute approximate surface area is 158 Å². The molecular weight excluding hydrogens is 344 g/mol. The van der Waals surface area contributed by atoms with Crippen molar-refractivity contribution in [3.8, 4) is 0 Å². The molecule has 27 heavy (non-hydrogen) atoms. The first-order chi connectivity index (χ1) is 12.9. The molecule has 5 aliphatic rings.